The van der Waals surface area contributed by atoms with Gasteiger partial charge in [0.15, 0.2) is 0 Å². The molecule has 0 bridgehead atoms. The van der Waals surface area contributed by atoms with E-state index < -0.39 is 0 Å². The maximum Gasteiger partial charge on any atom is 0.407 e. The van der Waals surface area contributed by atoms with Crippen molar-refractivity contribution in [1.29, 1.82) is 0 Å². The van der Waals surface area contributed by atoms with Crippen LogP contribution in [-0.2, 0) is 4.74 Å². The monoisotopic (exact) mass is 245 g/mol. The van der Waals surface area contributed by atoms with E-state index in [9.17, 15) is 9.90 Å². The average molecular weight is 245 g/mol. The zero-order valence-corrected chi connectivity index (χ0v) is 11.4. The molecule has 1 atom stereocenters. The first-order valence-corrected chi connectivity index (χ1v) is 6.65. The van der Waals surface area contributed by atoms with Gasteiger partial charge in [0, 0.05) is 12.0 Å². The highest BCUT2D eigenvalue weighted by Crippen LogP contribution is 2.28. The SMILES string of the molecule is CCCC[C@@](CC)(CO)COC(=O)NCCC. The Morgan fingerprint density at radius 1 is 1.29 bits per heavy atom. The lowest BCUT2D eigenvalue weighted by atomic mass is 9.82. The molecule has 0 heterocycles. The van der Waals surface area contributed by atoms with Gasteiger partial charge in [-0.2, -0.15) is 0 Å². The van der Waals surface area contributed by atoms with Crippen molar-refractivity contribution in [3.63, 3.8) is 0 Å². The van der Waals surface area contributed by atoms with Gasteiger partial charge in [0.05, 0.1) is 6.61 Å². The van der Waals surface area contributed by atoms with Crippen LogP contribution < -0.4 is 5.32 Å². The number of ether oxygens (including phenoxy) is 1. The zero-order chi connectivity index (χ0) is 13.1. The summed E-state index contributed by atoms with van der Waals surface area (Å²) in [6.45, 7) is 7.14. The second kappa shape index (κ2) is 9.28. The molecule has 1 amide bonds. The fourth-order valence-electron chi connectivity index (χ4n) is 1.64. The Bertz CT molecular complexity index is 203. The fourth-order valence-corrected chi connectivity index (χ4v) is 1.64. The van der Waals surface area contributed by atoms with Crippen molar-refractivity contribution in [2.24, 2.45) is 5.41 Å². The average Bonchev–Trinajstić information content (AvgIpc) is 2.37. The topological polar surface area (TPSA) is 58.6 Å². The van der Waals surface area contributed by atoms with Crippen molar-refractivity contribution < 1.29 is 14.6 Å². The van der Waals surface area contributed by atoms with Gasteiger partial charge < -0.3 is 15.2 Å². The highest BCUT2D eigenvalue weighted by Gasteiger charge is 2.28. The summed E-state index contributed by atoms with van der Waals surface area (Å²) >= 11 is 0. The number of carbonyl (C=O) groups is 1. The van der Waals surface area contributed by atoms with Crippen LogP contribution in [0.2, 0.25) is 0 Å². The van der Waals surface area contributed by atoms with Crippen LogP contribution >= 0.6 is 0 Å². The number of carbonyl (C=O) groups excluding carboxylic acids is 1. The van der Waals surface area contributed by atoms with Crippen LogP contribution in [0, 0.1) is 5.41 Å². The van der Waals surface area contributed by atoms with E-state index in [2.05, 4.69) is 12.2 Å². The van der Waals surface area contributed by atoms with Gasteiger partial charge in [0.1, 0.15) is 6.61 Å². The molecule has 0 aliphatic heterocycles. The first kappa shape index (κ1) is 16.2. The number of alkyl carbamates (subject to hydrolysis) is 1. The maximum atomic E-state index is 11.3. The van der Waals surface area contributed by atoms with E-state index in [4.69, 9.17) is 4.74 Å². The van der Waals surface area contributed by atoms with Crippen LogP contribution in [0.15, 0.2) is 0 Å². The summed E-state index contributed by atoms with van der Waals surface area (Å²) < 4.78 is 5.18. The minimum Gasteiger partial charge on any atom is -0.449 e. The molecule has 0 aliphatic carbocycles. The smallest absolute Gasteiger partial charge is 0.407 e. The molecule has 0 unspecified atom stereocenters. The Kier molecular flexibility index (Phi) is 8.86. The number of aliphatic hydroxyl groups excluding tert-OH is 1. The van der Waals surface area contributed by atoms with Gasteiger partial charge >= 0.3 is 6.09 Å². The number of amides is 1. The van der Waals surface area contributed by atoms with Crippen molar-refractivity contribution in [2.75, 3.05) is 19.8 Å². The second-order valence-corrected chi connectivity index (χ2v) is 4.62. The Hall–Kier alpha value is -0.770. The highest BCUT2D eigenvalue weighted by atomic mass is 16.5. The van der Waals surface area contributed by atoms with E-state index in [0.717, 1.165) is 32.1 Å². The molecule has 17 heavy (non-hydrogen) atoms. The van der Waals surface area contributed by atoms with Crippen LogP contribution in [0.4, 0.5) is 4.79 Å². The van der Waals surface area contributed by atoms with Crippen molar-refractivity contribution in [2.45, 2.75) is 52.9 Å². The number of nitrogens with one attached hydrogen (secondary N) is 1. The predicted octanol–water partition coefficient (Wildman–Crippen LogP) is 2.70. The van der Waals surface area contributed by atoms with Gasteiger partial charge in [-0.05, 0) is 19.3 Å². The molecule has 0 radical (unpaired) electrons. The van der Waals surface area contributed by atoms with Gasteiger partial charge in [0.25, 0.3) is 0 Å². The second-order valence-electron chi connectivity index (χ2n) is 4.62. The molecule has 0 aromatic carbocycles. The first-order chi connectivity index (χ1) is 8.14. The summed E-state index contributed by atoms with van der Waals surface area (Å²) in [7, 11) is 0. The Labute approximate surface area is 105 Å². The molecule has 0 aliphatic rings. The largest absolute Gasteiger partial charge is 0.449 e. The summed E-state index contributed by atoms with van der Waals surface area (Å²) in [5.41, 5.74) is -0.264. The lowest BCUT2D eigenvalue weighted by Gasteiger charge is -2.30. The first-order valence-electron chi connectivity index (χ1n) is 6.65. The van der Waals surface area contributed by atoms with E-state index >= 15 is 0 Å². The number of rotatable bonds is 9. The minimum absolute atomic E-state index is 0.0740. The van der Waals surface area contributed by atoms with Gasteiger partial charge in [-0.3, -0.25) is 0 Å². The van der Waals surface area contributed by atoms with Crippen molar-refractivity contribution in [1.82, 2.24) is 5.32 Å². The lowest BCUT2D eigenvalue weighted by molar-refractivity contribution is 0.0273. The molecule has 0 saturated carbocycles. The number of hydrogen-bond acceptors (Lipinski definition) is 3. The summed E-state index contributed by atoms with van der Waals surface area (Å²) in [4.78, 5) is 11.3. The standard InChI is InChI=1S/C13H27NO3/c1-4-7-8-13(6-3,10-15)11-17-12(16)14-9-5-2/h15H,4-11H2,1-3H3,(H,14,16)/t13-/m0/s1. The summed E-state index contributed by atoms with van der Waals surface area (Å²) in [6.07, 6.45) is 4.37. The molecule has 0 fully saturated rings. The van der Waals surface area contributed by atoms with Crippen LogP contribution in [-0.4, -0.2) is 31.0 Å². The third-order valence-electron chi connectivity index (χ3n) is 3.17. The maximum absolute atomic E-state index is 11.3. The van der Waals surface area contributed by atoms with Gasteiger partial charge in [-0.25, -0.2) is 4.79 Å². The highest BCUT2D eigenvalue weighted by molar-refractivity contribution is 5.67. The Morgan fingerprint density at radius 3 is 2.47 bits per heavy atom. The Balaban J connectivity index is 4.10. The third kappa shape index (κ3) is 6.51. The van der Waals surface area contributed by atoms with Crippen LogP contribution in [0.1, 0.15) is 52.9 Å². The van der Waals surface area contributed by atoms with E-state index in [0.29, 0.717) is 13.2 Å². The molecule has 0 spiro atoms. The third-order valence-corrected chi connectivity index (χ3v) is 3.17. The molecule has 0 rings (SSSR count). The zero-order valence-electron chi connectivity index (χ0n) is 11.4. The summed E-state index contributed by atoms with van der Waals surface area (Å²) in [5.74, 6) is 0. The van der Waals surface area contributed by atoms with E-state index in [1.54, 1.807) is 0 Å². The molecule has 0 saturated heterocycles. The number of aliphatic hydroxyl groups is 1. The molecule has 0 aromatic rings. The van der Waals surface area contributed by atoms with Crippen LogP contribution in [0.3, 0.4) is 0 Å². The minimum atomic E-state index is -0.380. The van der Waals surface area contributed by atoms with Gasteiger partial charge in [-0.15, -0.1) is 0 Å². The van der Waals surface area contributed by atoms with Crippen molar-refractivity contribution >= 4 is 6.09 Å². The van der Waals surface area contributed by atoms with E-state index in [-0.39, 0.29) is 18.1 Å². The summed E-state index contributed by atoms with van der Waals surface area (Å²) in [5, 5.41) is 12.1. The Morgan fingerprint density at radius 2 is 2.00 bits per heavy atom. The molecule has 4 heteroatoms. The molecule has 2 N–H and O–H groups in total. The van der Waals surface area contributed by atoms with Crippen LogP contribution in [0.5, 0.6) is 0 Å². The number of unbranched alkanes of at least 4 members (excludes halogenated alkanes) is 1. The summed E-state index contributed by atoms with van der Waals surface area (Å²) in [6, 6.07) is 0. The van der Waals surface area contributed by atoms with E-state index in [1.165, 1.54) is 0 Å². The van der Waals surface area contributed by atoms with Gasteiger partial charge in [-0.1, -0.05) is 33.6 Å². The predicted molar refractivity (Wildman–Crippen MR) is 69.0 cm³/mol. The number of hydrogen-bond donors (Lipinski definition) is 2. The molecule has 4 nitrogen and oxygen atoms in total. The van der Waals surface area contributed by atoms with E-state index in [1.807, 2.05) is 13.8 Å². The fraction of sp³-hybridized carbons (Fsp3) is 0.923. The lowest BCUT2D eigenvalue weighted by Crippen LogP contribution is -2.35. The molecule has 0 aromatic heterocycles. The van der Waals surface area contributed by atoms with Crippen LogP contribution in [0.25, 0.3) is 0 Å². The quantitative estimate of drug-likeness (QED) is 0.656. The van der Waals surface area contributed by atoms with Gasteiger partial charge in [0.2, 0.25) is 0 Å². The molecular formula is C13H27NO3. The normalized spacial score (nSPS) is 14.1. The molecular weight excluding hydrogens is 218 g/mol. The molecule has 102 valence electrons. The van der Waals surface area contributed by atoms with Crippen molar-refractivity contribution in [3.05, 3.63) is 0 Å². The van der Waals surface area contributed by atoms with Crippen molar-refractivity contribution in [3.8, 4) is 0 Å².